The number of nitrogens with two attached hydrogens (primary N) is 1. The average molecular weight is 167 g/mol. The van der Waals surface area contributed by atoms with Gasteiger partial charge in [-0.15, -0.1) is 0 Å². The number of aromatic hydroxyl groups is 1. The lowest BCUT2D eigenvalue weighted by Crippen LogP contribution is -2.08. The maximum absolute atomic E-state index is 9.14. The second kappa shape index (κ2) is 3.56. The Labute approximate surface area is 71.5 Å². The molecule has 0 saturated heterocycles. The highest BCUT2D eigenvalue weighted by atomic mass is 16.3. The van der Waals surface area contributed by atoms with Gasteiger partial charge in [-0.25, -0.2) is 0 Å². The van der Waals surface area contributed by atoms with E-state index in [2.05, 4.69) is 0 Å². The monoisotopic (exact) mass is 167 g/mol. The van der Waals surface area contributed by atoms with Crippen LogP contribution in [0.2, 0.25) is 0 Å². The maximum Gasteiger partial charge on any atom is 0.115 e. The van der Waals surface area contributed by atoms with Gasteiger partial charge in [0, 0.05) is 6.04 Å². The molecule has 0 amide bonds. The fourth-order valence-electron chi connectivity index (χ4n) is 1.15. The van der Waals surface area contributed by atoms with Crippen LogP contribution in [0.4, 0.5) is 0 Å². The van der Waals surface area contributed by atoms with E-state index >= 15 is 0 Å². The number of rotatable bonds is 2. The van der Waals surface area contributed by atoms with Crippen molar-refractivity contribution >= 4 is 0 Å². The van der Waals surface area contributed by atoms with Crippen molar-refractivity contribution in [3.63, 3.8) is 0 Å². The standard InChI is InChI=1S/C9H13NO2/c1-6(10)9-4-8(12)3-2-7(9)5-11/h2-4,6,11-12H,5,10H2,1H3/t6-/m1/s1. The first kappa shape index (κ1) is 9.03. The molecule has 1 rings (SSSR count). The van der Waals surface area contributed by atoms with E-state index in [1.165, 1.54) is 6.07 Å². The molecule has 1 aromatic carbocycles. The number of aliphatic hydroxyl groups excluding tert-OH is 1. The van der Waals surface area contributed by atoms with Crippen molar-refractivity contribution < 1.29 is 10.2 Å². The van der Waals surface area contributed by atoms with E-state index in [0.29, 0.717) is 0 Å². The molecule has 1 aromatic rings. The molecule has 3 nitrogen and oxygen atoms in total. The number of phenols is 1. The second-order valence-electron chi connectivity index (χ2n) is 2.83. The van der Waals surface area contributed by atoms with Crippen LogP contribution in [0, 0.1) is 0 Å². The maximum atomic E-state index is 9.14. The minimum absolute atomic E-state index is 0.0445. The van der Waals surface area contributed by atoms with Gasteiger partial charge in [0.2, 0.25) is 0 Å². The van der Waals surface area contributed by atoms with Crippen molar-refractivity contribution in [3.8, 4) is 5.75 Å². The van der Waals surface area contributed by atoms with Gasteiger partial charge in [-0.05, 0) is 30.2 Å². The first-order chi connectivity index (χ1) is 5.65. The number of phenolic OH excluding ortho intramolecular Hbond substituents is 1. The molecule has 0 aliphatic carbocycles. The highest BCUT2D eigenvalue weighted by molar-refractivity contribution is 5.36. The van der Waals surface area contributed by atoms with Crippen LogP contribution in [-0.4, -0.2) is 10.2 Å². The molecule has 12 heavy (non-hydrogen) atoms. The number of aliphatic hydroxyl groups is 1. The zero-order valence-corrected chi connectivity index (χ0v) is 6.99. The minimum Gasteiger partial charge on any atom is -0.508 e. The Morgan fingerprint density at radius 1 is 1.50 bits per heavy atom. The van der Waals surface area contributed by atoms with Gasteiger partial charge in [0.25, 0.3) is 0 Å². The first-order valence-electron chi connectivity index (χ1n) is 3.83. The van der Waals surface area contributed by atoms with E-state index < -0.39 is 0 Å². The van der Waals surface area contributed by atoms with Gasteiger partial charge in [-0.3, -0.25) is 0 Å². The molecule has 0 radical (unpaired) electrons. The molecular weight excluding hydrogens is 154 g/mol. The predicted octanol–water partition coefficient (Wildman–Crippen LogP) is 0.904. The summed E-state index contributed by atoms with van der Waals surface area (Å²) in [5.74, 6) is 0.180. The summed E-state index contributed by atoms with van der Waals surface area (Å²) < 4.78 is 0. The quantitative estimate of drug-likeness (QED) is 0.613. The summed E-state index contributed by atoms with van der Waals surface area (Å²) in [4.78, 5) is 0. The Kier molecular flexibility index (Phi) is 2.68. The minimum atomic E-state index is -0.167. The summed E-state index contributed by atoms with van der Waals surface area (Å²) in [7, 11) is 0. The van der Waals surface area contributed by atoms with Crippen molar-refractivity contribution in [2.24, 2.45) is 5.73 Å². The van der Waals surface area contributed by atoms with Crippen LogP contribution >= 0.6 is 0 Å². The zero-order valence-electron chi connectivity index (χ0n) is 6.99. The van der Waals surface area contributed by atoms with E-state index in [4.69, 9.17) is 15.9 Å². The Bertz CT molecular complexity index is 271. The molecule has 66 valence electrons. The van der Waals surface area contributed by atoms with E-state index in [0.717, 1.165) is 11.1 Å². The van der Waals surface area contributed by atoms with Crippen molar-refractivity contribution in [1.29, 1.82) is 0 Å². The zero-order chi connectivity index (χ0) is 9.14. The van der Waals surface area contributed by atoms with Crippen molar-refractivity contribution in [1.82, 2.24) is 0 Å². The summed E-state index contributed by atoms with van der Waals surface area (Å²) in [6.07, 6.45) is 0. The molecule has 0 spiro atoms. The molecule has 3 heteroatoms. The largest absolute Gasteiger partial charge is 0.508 e. The van der Waals surface area contributed by atoms with Gasteiger partial charge in [0.1, 0.15) is 5.75 Å². The van der Waals surface area contributed by atoms with Crippen LogP contribution in [0.25, 0.3) is 0 Å². The van der Waals surface area contributed by atoms with Gasteiger partial charge in [-0.2, -0.15) is 0 Å². The molecular formula is C9H13NO2. The molecule has 1 atom stereocenters. The third-order valence-electron chi connectivity index (χ3n) is 1.79. The van der Waals surface area contributed by atoms with Crippen molar-refractivity contribution in [2.75, 3.05) is 0 Å². The second-order valence-corrected chi connectivity index (χ2v) is 2.83. The van der Waals surface area contributed by atoms with E-state index in [-0.39, 0.29) is 18.4 Å². The van der Waals surface area contributed by atoms with Crippen LogP contribution in [0.3, 0.4) is 0 Å². The molecule has 0 fully saturated rings. The van der Waals surface area contributed by atoms with Gasteiger partial charge in [0.15, 0.2) is 0 Å². The van der Waals surface area contributed by atoms with E-state index in [1.54, 1.807) is 12.1 Å². The lowest BCUT2D eigenvalue weighted by Gasteiger charge is -2.10. The van der Waals surface area contributed by atoms with Crippen LogP contribution in [0.1, 0.15) is 24.1 Å². The van der Waals surface area contributed by atoms with Crippen LogP contribution in [-0.2, 0) is 6.61 Å². The summed E-state index contributed by atoms with van der Waals surface area (Å²) >= 11 is 0. The number of hydrogen-bond acceptors (Lipinski definition) is 3. The van der Waals surface area contributed by atoms with Crippen LogP contribution in [0.5, 0.6) is 5.75 Å². The van der Waals surface area contributed by atoms with Gasteiger partial charge >= 0.3 is 0 Å². The molecule has 0 aliphatic heterocycles. The van der Waals surface area contributed by atoms with Gasteiger partial charge in [-0.1, -0.05) is 6.07 Å². The molecule has 4 N–H and O–H groups in total. The Hall–Kier alpha value is -1.06. The molecule has 0 aliphatic rings. The lowest BCUT2D eigenvalue weighted by atomic mass is 10.0. The molecule has 0 heterocycles. The highest BCUT2D eigenvalue weighted by Gasteiger charge is 2.06. The average Bonchev–Trinajstić information content (AvgIpc) is 2.04. The normalized spacial score (nSPS) is 12.9. The topological polar surface area (TPSA) is 66.5 Å². The molecule has 0 saturated carbocycles. The lowest BCUT2D eigenvalue weighted by molar-refractivity contribution is 0.280. The summed E-state index contributed by atoms with van der Waals surface area (Å²) in [5, 5.41) is 18.1. The van der Waals surface area contributed by atoms with Gasteiger partial charge < -0.3 is 15.9 Å². The Morgan fingerprint density at radius 2 is 2.17 bits per heavy atom. The van der Waals surface area contributed by atoms with Gasteiger partial charge in [0.05, 0.1) is 6.61 Å². The van der Waals surface area contributed by atoms with Crippen LogP contribution in [0.15, 0.2) is 18.2 Å². The molecule has 0 unspecified atom stereocenters. The third kappa shape index (κ3) is 1.75. The molecule has 0 bridgehead atoms. The van der Waals surface area contributed by atoms with E-state index in [9.17, 15) is 0 Å². The fourth-order valence-corrected chi connectivity index (χ4v) is 1.15. The predicted molar refractivity (Wildman–Crippen MR) is 46.6 cm³/mol. The fraction of sp³-hybridized carbons (Fsp3) is 0.333. The van der Waals surface area contributed by atoms with Crippen LogP contribution < -0.4 is 5.73 Å². The van der Waals surface area contributed by atoms with Crippen molar-refractivity contribution in [3.05, 3.63) is 29.3 Å². The van der Waals surface area contributed by atoms with E-state index in [1.807, 2.05) is 6.92 Å². The summed E-state index contributed by atoms with van der Waals surface area (Å²) in [5.41, 5.74) is 7.19. The SMILES string of the molecule is C[C@@H](N)c1cc(O)ccc1CO. The highest BCUT2D eigenvalue weighted by Crippen LogP contribution is 2.21. The molecule has 0 aromatic heterocycles. The van der Waals surface area contributed by atoms with Crippen molar-refractivity contribution in [2.45, 2.75) is 19.6 Å². The number of hydrogen-bond donors (Lipinski definition) is 3. The third-order valence-corrected chi connectivity index (χ3v) is 1.79. The Balaban J connectivity index is 3.12. The summed E-state index contributed by atoms with van der Waals surface area (Å²) in [6.45, 7) is 1.77. The smallest absolute Gasteiger partial charge is 0.115 e. The first-order valence-corrected chi connectivity index (χ1v) is 3.83. The Morgan fingerprint density at radius 3 is 2.67 bits per heavy atom. The summed E-state index contributed by atoms with van der Waals surface area (Å²) in [6, 6.07) is 4.63. The number of benzene rings is 1.